The molecule has 1 rings (SSSR count). The highest BCUT2D eigenvalue weighted by atomic mass is 35.5. The van der Waals surface area contributed by atoms with Gasteiger partial charge in [0.1, 0.15) is 5.82 Å². The molecule has 0 aliphatic rings. The predicted molar refractivity (Wildman–Crippen MR) is 64.7 cm³/mol. The van der Waals surface area contributed by atoms with Crippen LogP contribution in [-0.2, 0) is 6.61 Å². The van der Waals surface area contributed by atoms with E-state index in [1.807, 2.05) is 25.8 Å². The van der Waals surface area contributed by atoms with E-state index >= 15 is 0 Å². The Morgan fingerprint density at radius 2 is 2.06 bits per heavy atom. The van der Waals surface area contributed by atoms with Crippen LogP contribution in [-0.4, -0.2) is 34.4 Å². The van der Waals surface area contributed by atoms with Crippen molar-refractivity contribution in [2.24, 2.45) is 0 Å². The van der Waals surface area contributed by atoms with Crippen molar-refractivity contribution in [3.8, 4) is 0 Å². The Hall–Kier alpha value is -0.840. The Morgan fingerprint density at radius 1 is 1.44 bits per heavy atom. The fourth-order valence-electron chi connectivity index (χ4n) is 1.20. The van der Waals surface area contributed by atoms with E-state index in [0.29, 0.717) is 16.4 Å². The maximum absolute atomic E-state index is 9.26. The third-order valence-electron chi connectivity index (χ3n) is 2.67. The average molecular weight is 245 g/mol. The summed E-state index contributed by atoms with van der Waals surface area (Å²) < 4.78 is 0. The first kappa shape index (κ1) is 13.2. The van der Waals surface area contributed by atoms with E-state index in [0.717, 1.165) is 0 Å². The molecule has 1 heterocycles. The summed E-state index contributed by atoms with van der Waals surface area (Å²) in [6.07, 6.45) is 1.57. The van der Waals surface area contributed by atoms with Gasteiger partial charge in [0, 0.05) is 13.2 Å². The first-order chi connectivity index (χ1) is 7.42. The van der Waals surface area contributed by atoms with Gasteiger partial charge in [-0.05, 0) is 25.5 Å². The zero-order valence-corrected chi connectivity index (χ0v) is 10.5. The molecule has 0 bridgehead atoms. The van der Waals surface area contributed by atoms with E-state index in [2.05, 4.69) is 4.98 Å². The molecule has 0 aliphatic carbocycles. The summed E-state index contributed by atoms with van der Waals surface area (Å²) in [5, 5.41) is 18.7. The van der Waals surface area contributed by atoms with Crippen molar-refractivity contribution in [3.05, 3.63) is 22.8 Å². The van der Waals surface area contributed by atoms with Crippen LogP contribution in [0, 0.1) is 0 Å². The fourth-order valence-corrected chi connectivity index (χ4v) is 1.51. The van der Waals surface area contributed by atoms with Crippen LogP contribution in [0.1, 0.15) is 19.4 Å². The summed E-state index contributed by atoms with van der Waals surface area (Å²) >= 11 is 6.07. The molecule has 2 N–H and O–H groups in total. The molecule has 0 saturated heterocycles. The minimum Gasteiger partial charge on any atom is -0.394 e. The van der Waals surface area contributed by atoms with Crippen LogP contribution in [0.4, 0.5) is 5.82 Å². The Bertz CT molecular complexity index is 369. The molecule has 0 saturated carbocycles. The molecule has 0 fully saturated rings. The Morgan fingerprint density at radius 3 is 2.50 bits per heavy atom. The number of rotatable bonds is 4. The van der Waals surface area contributed by atoms with Gasteiger partial charge in [0.05, 0.1) is 23.8 Å². The van der Waals surface area contributed by atoms with E-state index < -0.39 is 5.54 Å². The molecule has 1 aromatic heterocycles. The summed E-state index contributed by atoms with van der Waals surface area (Å²) in [4.78, 5) is 6.00. The molecule has 0 unspecified atom stereocenters. The lowest BCUT2D eigenvalue weighted by Crippen LogP contribution is -2.45. The molecule has 0 aromatic carbocycles. The Kier molecular flexibility index (Phi) is 4.13. The molecule has 0 spiro atoms. The summed E-state index contributed by atoms with van der Waals surface area (Å²) in [5.74, 6) is 0.595. The number of hydrogen-bond donors (Lipinski definition) is 2. The van der Waals surface area contributed by atoms with Crippen molar-refractivity contribution >= 4 is 17.4 Å². The van der Waals surface area contributed by atoms with E-state index in [1.165, 1.54) is 0 Å². The number of nitrogens with zero attached hydrogens (tertiary/aromatic N) is 2. The smallest absolute Gasteiger partial charge is 0.147 e. The maximum Gasteiger partial charge on any atom is 0.147 e. The summed E-state index contributed by atoms with van der Waals surface area (Å²) in [6, 6.07) is 1.67. The lowest BCUT2D eigenvalue weighted by Gasteiger charge is -2.35. The van der Waals surface area contributed by atoms with Gasteiger partial charge in [-0.2, -0.15) is 0 Å². The molecule has 0 radical (unpaired) electrons. The number of likely N-dealkylation sites (N-methyl/N-ethyl adjacent to an activating group) is 1. The lowest BCUT2D eigenvalue weighted by atomic mass is 10.1. The average Bonchev–Trinajstić information content (AvgIpc) is 2.28. The fraction of sp³-hybridized carbons (Fsp3) is 0.545. The van der Waals surface area contributed by atoms with Gasteiger partial charge in [-0.15, -0.1) is 0 Å². The molecule has 1 aromatic rings. The third-order valence-corrected chi connectivity index (χ3v) is 2.95. The molecular weight excluding hydrogens is 228 g/mol. The van der Waals surface area contributed by atoms with E-state index in [-0.39, 0.29) is 13.2 Å². The maximum atomic E-state index is 9.26. The zero-order chi connectivity index (χ0) is 12.3. The van der Waals surface area contributed by atoms with Crippen LogP contribution < -0.4 is 4.90 Å². The predicted octanol–water partition coefficient (Wildman–Crippen LogP) is 1.43. The largest absolute Gasteiger partial charge is 0.394 e. The van der Waals surface area contributed by atoms with Gasteiger partial charge in [-0.3, -0.25) is 0 Å². The van der Waals surface area contributed by atoms with Crippen LogP contribution in [0.5, 0.6) is 0 Å². The minimum atomic E-state index is -0.433. The monoisotopic (exact) mass is 244 g/mol. The molecular formula is C11H17ClN2O2. The summed E-state index contributed by atoms with van der Waals surface area (Å²) in [7, 11) is 1.82. The number of aliphatic hydroxyl groups is 2. The van der Waals surface area contributed by atoms with E-state index in [9.17, 15) is 5.11 Å². The minimum absolute atomic E-state index is 0.00323. The first-order valence-electron chi connectivity index (χ1n) is 5.02. The normalized spacial score (nSPS) is 11.6. The summed E-state index contributed by atoms with van der Waals surface area (Å²) in [6.45, 7) is 3.71. The number of pyridine rings is 1. The number of halogens is 1. The highest BCUT2D eigenvalue weighted by molar-refractivity contribution is 6.33. The van der Waals surface area contributed by atoms with Crippen molar-refractivity contribution in [1.29, 1.82) is 0 Å². The zero-order valence-electron chi connectivity index (χ0n) is 9.74. The second-order valence-electron chi connectivity index (χ2n) is 4.34. The Labute approximate surface area is 100 Å². The molecule has 4 nitrogen and oxygen atoms in total. The number of aromatic nitrogens is 1. The molecule has 16 heavy (non-hydrogen) atoms. The lowest BCUT2D eigenvalue weighted by molar-refractivity contribution is 0.215. The highest BCUT2D eigenvalue weighted by Gasteiger charge is 2.25. The van der Waals surface area contributed by atoms with Gasteiger partial charge in [-0.1, -0.05) is 11.6 Å². The van der Waals surface area contributed by atoms with Gasteiger partial charge in [-0.25, -0.2) is 4.98 Å². The van der Waals surface area contributed by atoms with E-state index in [1.54, 1.807) is 12.3 Å². The summed E-state index contributed by atoms with van der Waals surface area (Å²) in [5.41, 5.74) is 0.237. The second-order valence-corrected chi connectivity index (χ2v) is 4.74. The molecule has 5 heteroatoms. The molecule has 0 aliphatic heterocycles. The third kappa shape index (κ3) is 2.64. The van der Waals surface area contributed by atoms with Crippen LogP contribution in [0.15, 0.2) is 12.3 Å². The standard InChI is InChI=1S/C11H17ClN2O2/c1-11(2,7-16)14(3)10-9(12)4-8(6-15)5-13-10/h4-5,15-16H,6-7H2,1-3H3. The van der Waals surface area contributed by atoms with Gasteiger partial charge >= 0.3 is 0 Å². The quantitative estimate of drug-likeness (QED) is 0.842. The number of anilines is 1. The second kappa shape index (κ2) is 4.99. The topological polar surface area (TPSA) is 56.6 Å². The van der Waals surface area contributed by atoms with Gasteiger partial charge in [0.25, 0.3) is 0 Å². The van der Waals surface area contributed by atoms with E-state index in [4.69, 9.17) is 16.7 Å². The highest BCUT2D eigenvalue weighted by Crippen LogP contribution is 2.28. The van der Waals surface area contributed by atoms with Crippen LogP contribution in [0.2, 0.25) is 5.02 Å². The number of aliphatic hydroxyl groups excluding tert-OH is 2. The van der Waals surface area contributed by atoms with Crippen molar-refractivity contribution in [3.63, 3.8) is 0 Å². The van der Waals surface area contributed by atoms with Crippen LogP contribution in [0.3, 0.4) is 0 Å². The van der Waals surface area contributed by atoms with Crippen LogP contribution in [0.25, 0.3) is 0 Å². The van der Waals surface area contributed by atoms with Crippen LogP contribution >= 0.6 is 11.6 Å². The van der Waals surface area contributed by atoms with Crippen molar-refractivity contribution in [2.75, 3.05) is 18.6 Å². The van der Waals surface area contributed by atoms with Gasteiger partial charge < -0.3 is 15.1 Å². The SMILES string of the molecule is CN(c1ncc(CO)cc1Cl)C(C)(C)CO. The van der Waals surface area contributed by atoms with Crippen molar-refractivity contribution < 1.29 is 10.2 Å². The molecule has 0 atom stereocenters. The van der Waals surface area contributed by atoms with Gasteiger partial charge in [0.2, 0.25) is 0 Å². The number of hydrogen-bond acceptors (Lipinski definition) is 4. The molecule has 0 amide bonds. The van der Waals surface area contributed by atoms with Crippen molar-refractivity contribution in [2.45, 2.75) is 26.0 Å². The van der Waals surface area contributed by atoms with Crippen molar-refractivity contribution in [1.82, 2.24) is 4.98 Å². The first-order valence-corrected chi connectivity index (χ1v) is 5.40. The van der Waals surface area contributed by atoms with Gasteiger partial charge in [0.15, 0.2) is 0 Å². The Balaban J connectivity index is 3.05. The molecule has 90 valence electrons.